The van der Waals surface area contributed by atoms with Crippen molar-refractivity contribution in [2.24, 2.45) is 0 Å². The largest absolute Gasteiger partial charge is 0.465 e. The summed E-state index contributed by atoms with van der Waals surface area (Å²) in [5, 5.41) is 30.1. The van der Waals surface area contributed by atoms with Crippen molar-refractivity contribution in [1.29, 1.82) is 0 Å². The minimum absolute atomic E-state index is 0.112. The number of hydrogen-bond acceptors (Lipinski definition) is 12. The molecule has 3 fully saturated rings. The molecule has 15 nitrogen and oxygen atoms in total. The van der Waals surface area contributed by atoms with Crippen molar-refractivity contribution < 1.29 is 43.1 Å². The zero-order chi connectivity index (χ0) is 27.7. The first-order valence-electron chi connectivity index (χ1n) is 12.5. The van der Waals surface area contributed by atoms with Gasteiger partial charge in [-0.05, 0) is 39.7 Å². The van der Waals surface area contributed by atoms with Crippen LogP contribution in [0.4, 0.5) is 5.82 Å². The van der Waals surface area contributed by atoms with Crippen LogP contribution in [0.2, 0.25) is 0 Å². The van der Waals surface area contributed by atoms with E-state index in [2.05, 4.69) is 20.5 Å². The van der Waals surface area contributed by atoms with Crippen LogP contribution < -0.4 is 21.2 Å². The Balaban J connectivity index is 1.40. The van der Waals surface area contributed by atoms with Crippen LogP contribution in [-0.2, 0) is 32.9 Å². The average molecular weight is 560 g/mol. The summed E-state index contributed by atoms with van der Waals surface area (Å²) in [6, 6.07) is 1.01. The van der Waals surface area contributed by atoms with Crippen molar-refractivity contribution in [3.05, 3.63) is 22.7 Å². The maximum Gasteiger partial charge on any atom is 0.349 e. The molecule has 0 bridgehead atoms. The summed E-state index contributed by atoms with van der Waals surface area (Å²) in [7, 11) is -4.04. The summed E-state index contributed by atoms with van der Waals surface area (Å²) in [5.74, 6) is -0.963. The van der Waals surface area contributed by atoms with Gasteiger partial charge < -0.3 is 34.3 Å². The molecule has 4 rings (SSSR count). The molecule has 1 aromatic rings. The average Bonchev–Trinajstić information content (AvgIpc) is 3.75. The highest BCUT2D eigenvalue weighted by atomic mass is 31.2. The highest BCUT2D eigenvalue weighted by Crippen LogP contribution is 2.67. The summed E-state index contributed by atoms with van der Waals surface area (Å²) in [6.45, 7) is 3.54. The molecule has 5 unspecified atom stereocenters. The van der Waals surface area contributed by atoms with Crippen LogP contribution in [0.25, 0.3) is 0 Å². The molecule has 5 N–H and O–H groups in total. The molecule has 5 atom stereocenters. The Labute approximate surface area is 218 Å². The van der Waals surface area contributed by atoms with Gasteiger partial charge in [-0.15, -0.1) is 0 Å². The van der Waals surface area contributed by atoms with E-state index in [0.29, 0.717) is 11.9 Å². The van der Waals surface area contributed by atoms with Crippen molar-refractivity contribution in [3.8, 4) is 0 Å². The first kappa shape index (κ1) is 28.6. The van der Waals surface area contributed by atoms with Crippen LogP contribution in [0.3, 0.4) is 0 Å². The highest BCUT2D eigenvalue weighted by Gasteiger charge is 2.85. The molecule has 0 amide bonds. The third-order valence-electron chi connectivity index (χ3n) is 6.78. The first-order chi connectivity index (χ1) is 18.0. The number of fused-ring (bicyclic) bond motifs is 1. The van der Waals surface area contributed by atoms with Gasteiger partial charge in [-0.3, -0.25) is 18.7 Å². The number of nitrogens with zero attached hydrogens (tertiary/aromatic N) is 2. The Morgan fingerprint density at radius 2 is 1.82 bits per heavy atom. The molecule has 212 valence electrons. The third-order valence-corrected chi connectivity index (χ3v) is 8.44. The van der Waals surface area contributed by atoms with E-state index in [1.165, 1.54) is 10.8 Å². The van der Waals surface area contributed by atoms with Gasteiger partial charge in [0.1, 0.15) is 48.4 Å². The number of carbonyl (C=O) groups is 2. The Morgan fingerprint density at radius 1 is 1.21 bits per heavy atom. The normalized spacial score (nSPS) is 30.0. The minimum Gasteiger partial charge on any atom is -0.465 e. The molecule has 16 heteroatoms. The molecule has 2 aliphatic carbocycles. The van der Waals surface area contributed by atoms with Crippen LogP contribution in [0.1, 0.15) is 39.7 Å². The third kappa shape index (κ3) is 5.64. The van der Waals surface area contributed by atoms with Crippen molar-refractivity contribution in [3.63, 3.8) is 0 Å². The monoisotopic (exact) mass is 559 g/mol. The molecular weight excluding hydrogens is 525 g/mol. The molecule has 0 aromatic carbocycles. The minimum atomic E-state index is -4.04. The van der Waals surface area contributed by atoms with E-state index in [0.717, 1.165) is 12.8 Å². The van der Waals surface area contributed by atoms with Gasteiger partial charge in [0.25, 0.3) is 0 Å². The lowest BCUT2D eigenvalue weighted by Crippen LogP contribution is -2.42. The number of nitrogens with one attached hydrogen (secondary N) is 3. The van der Waals surface area contributed by atoms with E-state index in [1.807, 2.05) is 0 Å². The fourth-order valence-electron chi connectivity index (χ4n) is 4.67. The van der Waals surface area contributed by atoms with Gasteiger partial charge in [0, 0.05) is 12.2 Å². The van der Waals surface area contributed by atoms with Crippen LogP contribution in [-0.4, -0.2) is 94.1 Å². The fraction of sp³-hybridized carbons (Fsp3) is 0.727. The zero-order valence-electron chi connectivity index (χ0n) is 21.4. The number of ether oxygens (including phenoxy) is 3. The number of aromatic nitrogens is 2. The Hall–Kier alpha value is -2.39. The maximum absolute atomic E-state index is 13.3. The lowest BCUT2D eigenvalue weighted by atomic mass is 10.1. The standard InChI is InChI=1S/C22H34N5O10P/c1-4-34-16(28)10-23-38(33,24-11-17(29)35-5-2)36-12-14-18(30)22(32)19(21(22,3)37-14)27-9-8-15(26-20(27)31)25-13-6-7-13/h8-9,13-14,18-19,30,32H,4-7,10-12H2,1-3H3,(H2,23,24,33)(H,25,26,31). The van der Waals surface area contributed by atoms with E-state index < -0.39 is 74.4 Å². The number of aliphatic hydroxyl groups excluding tert-OH is 1. The molecule has 3 aliphatic rings. The van der Waals surface area contributed by atoms with Crippen molar-refractivity contribution >= 4 is 25.4 Å². The number of carbonyl (C=O) groups excluding carboxylic acids is 2. The van der Waals surface area contributed by atoms with E-state index >= 15 is 0 Å². The van der Waals surface area contributed by atoms with Gasteiger partial charge in [-0.1, -0.05) is 0 Å². The van der Waals surface area contributed by atoms with Gasteiger partial charge in [-0.2, -0.15) is 4.98 Å². The molecular formula is C22H34N5O10P. The number of hydrogen-bond donors (Lipinski definition) is 5. The Bertz CT molecular complexity index is 1140. The molecule has 1 saturated heterocycles. The first-order valence-corrected chi connectivity index (χ1v) is 14.1. The smallest absolute Gasteiger partial charge is 0.349 e. The predicted molar refractivity (Wildman–Crippen MR) is 131 cm³/mol. The topological polar surface area (TPSA) is 200 Å². The van der Waals surface area contributed by atoms with Crippen molar-refractivity contribution in [2.45, 2.75) is 69.1 Å². The van der Waals surface area contributed by atoms with E-state index in [4.69, 9.17) is 18.7 Å². The molecule has 0 spiro atoms. The van der Waals surface area contributed by atoms with Crippen LogP contribution >= 0.6 is 7.67 Å². The maximum atomic E-state index is 13.3. The van der Waals surface area contributed by atoms with Gasteiger partial charge in [0.15, 0.2) is 0 Å². The summed E-state index contributed by atoms with van der Waals surface area (Å²) < 4.78 is 35.4. The summed E-state index contributed by atoms with van der Waals surface area (Å²) >= 11 is 0. The number of rotatable bonds is 14. The summed E-state index contributed by atoms with van der Waals surface area (Å²) in [6.07, 6.45) is 0.858. The van der Waals surface area contributed by atoms with Crippen LogP contribution in [0.5, 0.6) is 0 Å². The lowest BCUT2D eigenvalue weighted by Gasteiger charge is -2.26. The Morgan fingerprint density at radius 3 is 2.29 bits per heavy atom. The van der Waals surface area contributed by atoms with Crippen LogP contribution in [0, 0.1) is 0 Å². The summed E-state index contributed by atoms with van der Waals surface area (Å²) in [4.78, 5) is 40.1. The fourth-order valence-corrected chi connectivity index (χ4v) is 6.00. The van der Waals surface area contributed by atoms with E-state index in [1.54, 1.807) is 26.8 Å². The summed E-state index contributed by atoms with van der Waals surface area (Å²) in [5.41, 5.74) is -3.79. The molecule has 1 aromatic heterocycles. The predicted octanol–water partition coefficient (Wildman–Crippen LogP) is -0.948. The SMILES string of the molecule is CCOC(=O)CNP(=O)(NCC(=O)OCC)OCC1OC2(C)C(n3ccc(NC4CC4)nc3=O)C2(O)C1O. The van der Waals surface area contributed by atoms with E-state index in [-0.39, 0.29) is 13.2 Å². The second kappa shape index (κ2) is 11.0. The van der Waals surface area contributed by atoms with Crippen molar-refractivity contribution in [2.75, 3.05) is 38.2 Å². The lowest BCUT2D eigenvalue weighted by molar-refractivity contribution is -0.142. The second-order valence-corrected chi connectivity index (χ2v) is 11.5. The molecule has 2 saturated carbocycles. The van der Waals surface area contributed by atoms with Gasteiger partial charge in [0.05, 0.1) is 19.8 Å². The number of esters is 2. The number of aliphatic hydroxyl groups is 2. The molecule has 1 aliphatic heterocycles. The zero-order valence-corrected chi connectivity index (χ0v) is 22.3. The Kier molecular flexibility index (Phi) is 8.28. The van der Waals surface area contributed by atoms with E-state index in [9.17, 15) is 29.2 Å². The molecule has 38 heavy (non-hydrogen) atoms. The van der Waals surface area contributed by atoms with Crippen molar-refractivity contribution in [1.82, 2.24) is 19.7 Å². The second-order valence-electron chi connectivity index (χ2n) is 9.48. The molecule has 2 heterocycles. The quantitative estimate of drug-likeness (QED) is 0.138. The molecule has 0 radical (unpaired) electrons. The van der Waals surface area contributed by atoms with Gasteiger partial charge in [0.2, 0.25) is 0 Å². The van der Waals surface area contributed by atoms with Gasteiger partial charge in [-0.25, -0.2) is 15.0 Å². The number of anilines is 1. The highest BCUT2D eigenvalue weighted by molar-refractivity contribution is 7.54. The van der Waals surface area contributed by atoms with Gasteiger partial charge >= 0.3 is 25.3 Å². The van der Waals surface area contributed by atoms with Crippen LogP contribution in [0.15, 0.2) is 17.1 Å².